The molecule has 0 aliphatic carbocycles. The average Bonchev–Trinajstić information content (AvgIpc) is 3.01. The summed E-state index contributed by atoms with van der Waals surface area (Å²) in [5.41, 5.74) is 0. The van der Waals surface area contributed by atoms with Crippen molar-refractivity contribution in [2.24, 2.45) is 0 Å². The second kappa shape index (κ2) is 14.8. The number of hydrogen-bond acceptors (Lipinski definition) is 3. The van der Waals surface area contributed by atoms with Gasteiger partial charge in [-0.3, -0.25) is 0 Å². The largest absolute Gasteiger partial charge is 0.379 e. The van der Waals surface area contributed by atoms with Gasteiger partial charge in [0.05, 0.1) is 12.7 Å². The van der Waals surface area contributed by atoms with Gasteiger partial charge >= 0.3 is 0 Å². The molecule has 21 heavy (non-hydrogen) atoms. The molecule has 0 radical (unpaired) electrons. The molecule has 0 spiro atoms. The lowest BCUT2D eigenvalue weighted by atomic mass is 10.1. The Balaban J connectivity index is 1.65. The summed E-state index contributed by atoms with van der Waals surface area (Å²) in [6, 6.07) is 0. The van der Waals surface area contributed by atoms with Gasteiger partial charge in [0.2, 0.25) is 0 Å². The van der Waals surface area contributed by atoms with Crippen LogP contribution in [0.4, 0.5) is 0 Å². The minimum atomic E-state index is 0.371. The molecule has 0 saturated carbocycles. The molecule has 1 N–H and O–H groups in total. The molecule has 1 heterocycles. The Kier molecular flexibility index (Phi) is 13.3. The van der Waals surface area contributed by atoms with Crippen LogP contribution < -0.4 is 5.32 Å². The van der Waals surface area contributed by atoms with Gasteiger partial charge in [0, 0.05) is 13.2 Å². The number of nitrogens with one attached hydrogen (secondary N) is 1. The third kappa shape index (κ3) is 12.1. The molecule has 3 heteroatoms. The summed E-state index contributed by atoms with van der Waals surface area (Å²) in [4.78, 5) is 0. The Morgan fingerprint density at radius 1 is 0.952 bits per heavy atom. The lowest BCUT2D eigenvalue weighted by molar-refractivity contribution is 0.0166. The minimum Gasteiger partial charge on any atom is -0.379 e. The zero-order valence-electron chi connectivity index (χ0n) is 14.2. The predicted octanol–water partition coefficient (Wildman–Crippen LogP) is 4.30. The highest BCUT2D eigenvalue weighted by Gasteiger charge is 2.14. The Morgan fingerprint density at radius 2 is 1.67 bits per heavy atom. The van der Waals surface area contributed by atoms with Gasteiger partial charge in [-0.1, -0.05) is 51.9 Å². The van der Waals surface area contributed by atoms with E-state index >= 15 is 0 Å². The van der Waals surface area contributed by atoms with Crippen LogP contribution in [0.1, 0.15) is 77.6 Å². The molecule has 1 unspecified atom stereocenters. The summed E-state index contributed by atoms with van der Waals surface area (Å²) in [6.07, 6.45) is 15.0. The summed E-state index contributed by atoms with van der Waals surface area (Å²) >= 11 is 0. The number of unbranched alkanes of at least 4 members (excludes halogenated alkanes) is 7. The van der Waals surface area contributed by atoms with Crippen molar-refractivity contribution in [1.29, 1.82) is 0 Å². The molecule has 1 aliphatic heterocycles. The molecule has 0 aromatic heterocycles. The zero-order chi connectivity index (χ0) is 15.0. The monoisotopic (exact) mass is 299 g/mol. The van der Waals surface area contributed by atoms with Crippen LogP contribution in [0.25, 0.3) is 0 Å². The first kappa shape index (κ1) is 18.9. The van der Waals surface area contributed by atoms with Crippen LogP contribution in [0, 0.1) is 0 Å². The zero-order valence-corrected chi connectivity index (χ0v) is 14.2. The molecule has 1 rings (SSSR count). The third-order valence-electron chi connectivity index (χ3n) is 4.18. The van der Waals surface area contributed by atoms with E-state index in [-0.39, 0.29) is 0 Å². The van der Waals surface area contributed by atoms with Gasteiger partial charge in [0.15, 0.2) is 0 Å². The second-order valence-corrected chi connectivity index (χ2v) is 6.29. The number of ether oxygens (including phenoxy) is 2. The van der Waals surface area contributed by atoms with Crippen molar-refractivity contribution in [2.75, 3.05) is 32.9 Å². The topological polar surface area (TPSA) is 30.5 Å². The van der Waals surface area contributed by atoms with E-state index in [9.17, 15) is 0 Å². The summed E-state index contributed by atoms with van der Waals surface area (Å²) in [7, 11) is 0. The van der Waals surface area contributed by atoms with Crippen LogP contribution in [-0.2, 0) is 9.47 Å². The lowest BCUT2D eigenvalue weighted by Gasteiger charge is -2.10. The van der Waals surface area contributed by atoms with E-state index in [2.05, 4.69) is 12.2 Å². The van der Waals surface area contributed by atoms with Crippen LogP contribution in [0.5, 0.6) is 0 Å². The quantitative estimate of drug-likeness (QED) is 0.457. The van der Waals surface area contributed by atoms with E-state index in [0.29, 0.717) is 6.10 Å². The summed E-state index contributed by atoms with van der Waals surface area (Å²) in [5.74, 6) is 0. The summed E-state index contributed by atoms with van der Waals surface area (Å²) in [5, 5.41) is 3.51. The molecular weight excluding hydrogens is 262 g/mol. The normalized spacial score (nSPS) is 18.4. The molecule has 0 aromatic carbocycles. The van der Waals surface area contributed by atoms with Crippen LogP contribution in [0.2, 0.25) is 0 Å². The van der Waals surface area contributed by atoms with E-state index in [1.165, 1.54) is 70.8 Å². The van der Waals surface area contributed by atoms with Crippen molar-refractivity contribution in [2.45, 2.75) is 83.7 Å². The molecule has 3 nitrogen and oxygen atoms in total. The molecular formula is C18H37NO2. The molecule has 0 amide bonds. The Labute approximate surface area is 132 Å². The van der Waals surface area contributed by atoms with Crippen LogP contribution in [-0.4, -0.2) is 39.0 Å². The fraction of sp³-hybridized carbons (Fsp3) is 1.00. The van der Waals surface area contributed by atoms with E-state index in [1.807, 2.05) is 0 Å². The van der Waals surface area contributed by atoms with E-state index < -0.39 is 0 Å². The van der Waals surface area contributed by atoms with E-state index in [4.69, 9.17) is 9.47 Å². The molecule has 1 saturated heterocycles. The van der Waals surface area contributed by atoms with Gasteiger partial charge in [-0.15, -0.1) is 0 Å². The van der Waals surface area contributed by atoms with E-state index in [1.54, 1.807) is 0 Å². The maximum atomic E-state index is 5.64. The molecule has 0 aromatic rings. The van der Waals surface area contributed by atoms with Crippen LogP contribution >= 0.6 is 0 Å². The first-order valence-electron chi connectivity index (χ1n) is 9.33. The van der Waals surface area contributed by atoms with Gasteiger partial charge in [-0.25, -0.2) is 0 Å². The second-order valence-electron chi connectivity index (χ2n) is 6.29. The standard InChI is InChI=1S/C18H37NO2/c1-2-3-4-5-6-7-8-9-13-19-14-11-15-20-17-18-12-10-16-21-18/h18-19H,2-17H2,1H3. The Morgan fingerprint density at radius 3 is 2.38 bits per heavy atom. The maximum absolute atomic E-state index is 5.64. The summed E-state index contributed by atoms with van der Waals surface area (Å²) < 4.78 is 11.2. The van der Waals surface area contributed by atoms with Crippen molar-refractivity contribution in [3.8, 4) is 0 Å². The van der Waals surface area contributed by atoms with Crippen molar-refractivity contribution < 1.29 is 9.47 Å². The molecule has 1 atom stereocenters. The first-order chi connectivity index (χ1) is 10.4. The van der Waals surface area contributed by atoms with Crippen molar-refractivity contribution in [3.05, 3.63) is 0 Å². The van der Waals surface area contributed by atoms with Crippen molar-refractivity contribution in [3.63, 3.8) is 0 Å². The highest BCUT2D eigenvalue weighted by molar-refractivity contribution is 4.63. The maximum Gasteiger partial charge on any atom is 0.0809 e. The third-order valence-corrected chi connectivity index (χ3v) is 4.18. The summed E-state index contributed by atoms with van der Waals surface area (Å²) in [6.45, 7) is 7.11. The van der Waals surface area contributed by atoms with Crippen LogP contribution in [0.3, 0.4) is 0 Å². The van der Waals surface area contributed by atoms with Gasteiger partial charge in [0.25, 0.3) is 0 Å². The highest BCUT2D eigenvalue weighted by Crippen LogP contribution is 2.11. The van der Waals surface area contributed by atoms with Gasteiger partial charge < -0.3 is 14.8 Å². The van der Waals surface area contributed by atoms with Gasteiger partial charge in [-0.05, 0) is 38.8 Å². The van der Waals surface area contributed by atoms with Gasteiger partial charge in [-0.2, -0.15) is 0 Å². The van der Waals surface area contributed by atoms with Crippen molar-refractivity contribution in [1.82, 2.24) is 5.32 Å². The first-order valence-corrected chi connectivity index (χ1v) is 9.33. The van der Waals surface area contributed by atoms with Crippen LogP contribution in [0.15, 0.2) is 0 Å². The fourth-order valence-corrected chi connectivity index (χ4v) is 2.80. The highest BCUT2D eigenvalue weighted by atomic mass is 16.5. The predicted molar refractivity (Wildman–Crippen MR) is 89.9 cm³/mol. The molecule has 126 valence electrons. The Bertz CT molecular complexity index is 205. The lowest BCUT2D eigenvalue weighted by Crippen LogP contribution is -2.20. The molecule has 1 fully saturated rings. The van der Waals surface area contributed by atoms with Crippen molar-refractivity contribution >= 4 is 0 Å². The van der Waals surface area contributed by atoms with E-state index in [0.717, 1.165) is 32.8 Å². The van der Waals surface area contributed by atoms with Gasteiger partial charge in [0.1, 0.15) is 0 Å². The SMILES string of the molecule is CCCCCCCCCCNCCCOCC1CCCO1. The molecule has 1 aliphatic rings. The molecule has 0 bridgehead atoms. The minimum absolute atomic E-state index is 0.371. The fourth-order valence-electron chi connectivity index (χ4n) is 2.80. The average molecular weight is 299 g/mol. The number of rotatable bonds is 15. The number of hydrogen-bond donors (Lipinski definition) is 1. The smallest absolute Gasteiger partial charge is 0.0809 e. The Hall–Kier alpha value is -0.120.